The minimum Gasteiger partial charge on any atom is -0.449 e. The average Bonchev–Trinajstić information content (AvgIpc) is 2.90. The molecule has 13 nitrogen and oxygen atoms in total. The van der Waals surface area contributed by atoms with Crippen molar-refractivity contribution in [1.82, 2.24) is 9.97 Å². The number of nitro groups is 2. The molecule has 0 atom stereocenters. The van der Waals surface area contributed by atoms with E-state index in [9.17, 15) is 30.3 Å². The van der Waals surface area contributed by atoms with Gasteiger partial charge in [-0.2, -0.15) is 10.4 Å². The number of ether oxygens (including phenoxy) is 1. The smallest absolute Gasteiger partial charge is 0.318 e. The van der Waals surface area contributed by atoms with Gasteiger partial charge in [0, 0.05) is 17.2 Å². The topological polar surface area (TPSA) is 189 Å². The second kappa shape index (κ2) is 10.6. The first-order chi connectivity index (χ1) is 17.9. The lowest BCUT2D eigenvalue weighted by atomic mass is 10.1. The third-order valence-electron chi connectivity index (χ3n) is 4.94. The molecule has 0 saturated carbocycles. The molecule has 4 aromatic rings. The normalized spacial score (nSPS) is 10.6. The van der Waals surface area contributed by atoms with E-state index in [4.69, 9.17) is 4.74 Å². The molecule has 1 heterocycles. The molecule has 0 amide bonds. The van der Waals surface area contributed by atoms with E-state index in [2.05, 4.69) is 20.5 Å². The van der Waals surface area contributed by atoms with Crippen molar-refractivity contribution in [1.29, 1.82) is 5.26 Å². The third-order valence-corrected chi connectivity index (χ3v) is 4.94. The highest BCUT2D eigenvalue weighted by atomic mass is 16.6. The number of hydrogen-bond donors (Lipinski definition) is 2. The van der Waals surface area contributed by atoms with E-state index in [1.807, 2.05) is 6.07 Å². The average molecular weight is 497 g/mol. The van der Waals surface area contributed by atoms with Crippen LogP contribution in [0.1, 0.15) is 11.1 Å². The van der Waals surface area contributed by atoms with Gasteiger partial charge in [0.25, 0.3) is 11.2 Å². The summed E-state index contributed by atoms with van der Waals surface area (Å²) >= 11 is 0. The Morgan fingerprint density at radius 2 is 1.73 bits per heavy atom. The molecule has 1 aromatic heterocycles. The summed E-state index contributed by atoms with van der Waals surface area (Å²) in [5, 5.41) is 35.8. The molecule has 0 saturated heterocycles. The van der Waals surface area contributed by atoms with Crippen LogP contribution in [-0.4, -0.2) is 26.0 Å². The van der Waals surface area contributed by atoms with Gasteiger partial charge in [0.1, 0.15) is 17.4 Å². The van der Waals surface area contributed by atoms with Gasteiger partial charge >= 0.3 is 5.69 Å². The number of anilines is 1. The highest BCUT2D eigenvalue weighted by Crippen LogP contribution is 2.35. The standard InChI is InChI=1S/C24H15N7O6/c25-13-18-22(15-6-2-1-3-7-15)27-24(28-23(18)32)29-26-14-16-8-4-5-9-20(16)37-21-11-10-17(30(33)34)12-19(21)31(35)36/h1-12,14H,(H2,27,28,29,32). The summed E-state index contributed by atoms with van der Waals surface area (Å²) in [6.07, 6.45) is 1.33. The first-order valence-electron chi connectivity index (χ1n) is 10.5. The lowest BCUT2D eigenvalue weighted by Crippen LogP contribution is -2.16. The Morgan fingerprint density at radius 3 is 2.43 bits per heavy atom. The first kappa shape index (κ1) is 24.2. The zero-order valence-corrected chi connectivity index (χ0v) is 18.7. The van der Waals surface area contributed by atoms with Gasteiger partial charge in [0.2, 0.25) is 11.7 Å². The van der Waals surface area contributed by atoms with E-state index in [-0.39, 0.29) is 28.7 Å². The van der Waals surface area contributed by atoms with Gasteiger partial charge in [-0.3, -0.25) is 30.0 Å². The summed E-state index contributed by atoms with van der Waals surface area (Å²) in [7, 11) is 0. The molecule has 37 heavy (non-hydrogen) atoms. The van der Waals surface area contributed by atoms with Gasteiger partial charge in [-0.15, -0.1) is 0 Å². The number of aromatic nitrogens is 2. The van der Waals surface area contributed by atoms with Crippen LogP contribution in [0, 0.1) is 31.6 Å². The number of rotatable bonds is 8. The lowest BCUT2D eigenvalue weighted by molar-refractivity contribution is -0.394. The van der Waals surface area contributed by atoms with E-state index < -0.39 is 26.8 Å². The van der Waals surface area contributed by atoms with Crippen LogP contribution >= 0.6 is 0 Å². The number of benzene rings is 3. The van der Waals surface area contributed by atoms with Crippen molar-refractivity contribution < 1.29 is 14.6 Å². The number of para-hydroxylation sites is 1. The van der Waals surface area contributed by atoms with Crippen LogP contribution < -0.4 is 15.7 Å². The molecular formula is C24H15N7O6. The number of nitrogens with one attached hydrogen (secondary N) is 2. The van der Waals surface area contributed by atoms with Gasteiger partial charge in [0.05, 0.1) is 27.8 Å². The summed E-state index contributed by atoms with van der Waals surface area (Å²) in [5.74, 6) is -0.0465. The van der Waals surface area contributed by atoms with Gasteiger partial charge in [-0.1, -0.05) is 42.5 Å². The molecule has 0 spiro atoms. The molecule has 4 rings (SSSR count). The maximum atomic E-state index is 12.4. The molecule has 0 fully saturated rings. The van der Waals surface area contributed by atoms with Crippen molar-refractivity contribution in [2.24, 2.45) is 5.10 Å². The minimum absolute atomic E-state index is 0.0245. The molecular weight excluding hydrogens is 482 g/mol. The Hall–Kier alpha value is -5.90. The predicted molar refractivity (Wildman–Crippen MR) is 132 cm³/mol. The Morgan fingerprint density at radius 1 is 1.00 bits per heavy atom. The number of nitro benzene ring substituents is 2. The van der Waals surface area contributed by atoms with Gasteiger partial charge in [0.15, 0.2) is 0 Å². The number of aromatic amines is 1. The molecule has 0 aliphatic carbocycles. The zero-order chi connectivity index (χ0) is 26.4. The summed E-state index contributed by atoms with van der Waals surface area (Å²) in [6, 6.07) is 20.0. The molecule has 0 radical (unpaired) electrons. The van der Waals surface area contributed by atoms with Crippen molar-refractivity contribution in [2.75, 3.05) is 5.43 Å². The number of nitriles is 1. The first-order valence-corrected chi connectivity index (χ1v) is 10.5. The van der Waals surface area contributed by atoms with Gasteiger partial charge in [-0.25, -0.2) is 10.4 Å². The van der Waals surface area contributed by atoms with E-state index >= 15 is 0 Å². The Labute approximate surface area is 207 Å². The van der Waals surface area contributed by atoms with E-state index in [0.717, 1.165) is 18.2 Å². The van der Waals surface area contributed by atoms with E-state index in [1.54, 1.807) is 48.5 Å². The zero-order valence-electron chi connectivity index (χ0n) is 18.7. The second-order valence-corrected chi connectivity index (χ2v) is 7.29. The number of H-pyrrole nitrogens is 1. The van der Waals surface area contributed by atoms with E-state index in [0.29, 0.717) is 11.1 Å². The van der Waals surface area contributed by atoms with Gasteiger partial charge < -0.3 is 4.74 Å². The molecule has 3 aromatic carbocycles. The molecule has 0 aliphatic rings. The van der Waals surface area contributed by atoms with Crippen molar-refractivity contribution in [2.45, 2.75) is 0 Å². The molecule has 2 N–H and O–H groups in total. The fourth-order valence-corrected chi connectivity index (χ4v) is 3.24. The molecule has 0 unspecified atom stereocenters. The molecule has 182 valence electrons. The molecule has 0 aliphatic heterocycles. The summed E-state index contributed by atoms with van der Waals surface area (Å²) < 4.78 is 5.67. The van der Waals surface area contributed by atoms with E-state index in [1.165, 1.54) is 12.3 Å². The van der Waals surface area contributed by atoms with Crippen LogP contribution in [0.2, 0.25) is 0 Å². The Bertz CT molecular complexity index is 1630. The monoisotopic (exact) mass is 497 g/mol. The lowest BCUT2D eigenvalue weighted by Gasteiger charge is -2.09. The second-order valence-electron chi connectivity index (χ2n) is 7.29. The summed E-state index contributed by atoms with van der Waals surface area (Å²) in [4.78, 5) is 40.0. The minimum atomic E-state index is -0.780. The largest absolute Gasteiger partial charge is 0.449 e. The third kappa shape index (κ3) is 5.44. The Balaban J connectivity index is 1.61. The van der Waals surface area contributed by atoms with Crippen molar-refractivity contribution in [3.63, 3.8) is 0 Å². The van der Waals surface area contributed by atoms with Crippen molar-refractivity contribution >= 4 is 23.5 Å². The maximum absolute atomic E-state index is 12.4. The van der Waals surface area contributed by atoms with Gasteiger partial charge in [-0.05, 0) is 18.2 Å². The van der Waals surface area contributed by atoms with Crippen molar-refractivity contribution in [3.8, 4) is 28.8 Å². The van der Waals surface area contributed by atoms with Crippen LogP contribution in [0.5, 0.6) is 11.5 Å². The van der Waals surface area contributed by atoms with Crippen LogP contribution in [0.25, 0.3) is 11.3 Å². The highest BCUT2D eigenvalue weighted by molar-refractivity contribution is 5.84. The van der Waals surface area contributed by atoms with Crippen LogP contribution in [0.3, 0.4) is 0 Å². The number of non-ortho nitro benzene ring substituents is 1. The predicted octanol–water partition coefficient (Wildman–Crippen LogP) is 4.36. The number of nitrogens with zero attached hydrogens (tertiary/aromatic N) is 5. The highest BCUT2D eigenvalue weighted by Gasteiger charge is 2.21. The molecule has 13 heteroatoms. The van der Waals surface area contributed by atoms with Crippen molar-refractivity contribution in [3.05, 3.63) is 115 Å². The fraction of sp³-hybridized carbons (Fsp3) is 0. The Kier molecular flexibility index (Phi) is 6.92. The summed E-state index contributed by atoms with van der Waals surface area (Å²) in [5.41, 5.74) is 1.91. The quantitative estimate of drug-likeness (QED) is 0.202. The summed E-state index contributed by atoms with van der Waals surface area (Å²) in [6.45, 7) is 0. The molecule has 0 bridgehead atoms. The van der Waals surface area contributed by atoms with Crippen LogP contribution in [0.4, 0.5) is 17.3 Å². The number of hydrogen-bond acceptors (Lipinski definition) is 10. The maximum Gasteiger partial charge on any atom is 0.318 e. The number of hydrazone groups is 1. The van der Waals surface area contributed by atoms with Crippen LogP contribution in [0.15, 0.2) is 82.7 Å². The SMILES string of the molecule is N#Cc1c(-c2ccccc2)nc(NN=Cc2ccccc2Oc2ccc([N+](=O)[O-])cc2[N+](=O)[O-])[nH]c1=O. The van der Waals surface area contributed by atoms with Crippen LogP contribution in [-0.2, 0) is 0 Å². The fourth-order valence-electron chi connectivity index (χ4n) is 3.24.